The molecule has 0 fully saturated rings. The number of ether oxygens (including phenoxy) is 1. The molecule has 1 amide bonds. The maximum Gasteiger partial charge on any atom is 0.345 e. The first-order valence-electron chi connectivity index (χ1n) is 5.61. The molecule has 2 rings (SSSR count). The van der Waals surface area contributed by atoms with Crippen molar-refractivity contribution in [1.82, 2.24) is 5.16 Å². The van der Waals surface area contributed by atoms with E-state index in [0.29, 0.717) is 10.6 Å². The van der Waals surface area contributed by atoms with Crippen LogP contribution in [0.3, 0.4) is 0 Å². The molecule has 0 saturated heterocycles. The summed E-state index contributed by atoms with van der Waals surface area (Å²) in [5, 5.41) is 7.97. The smallest absolute Gasteiger partial charge is 0.345 e. The summed E-state index contributed by atoms with van der Waals surface area (Å²) in [7, 11) is 0. The highest BCUT2D eigenvalue weighted by Gasteiger charge is 2.23. The fraction of sp³-hybridized carbons (Fsp3) is 0.250. The molecule has 0 aromatic carbocycles. The Morgan fingerprint density at radius 2 is 2.32 bits per heavy atom. The number of carbonyl (C=O) groups excluding carboxylic acids is 2. The van der Waals surface area contributed by atoms with Gasteiger partial charge in [-0.1, -0.05) is 11.2 Å². The second-order valence-corrected chi connectivity index (χ2v) is 4.57. The molecule has 0 unspecified atom stereocenters. The van der Waals surface area contributed by atoms with Gasteiger partial charge in [-0.15, -0.1) is 11.3 Å². The summed E-state index contributed by atoms with van der Waals surface area (Å²) in [4.78, 5) is 24.1. The molecule has 0 radical (unpaired) electrons. The first kappa shape index (κ1) is 13.3. The van der Waals surface area contributed by atoms with E-state index in [1.165, 1.54) is 11.3 Å². The van der Waals surface area contributed by atoms with Gasteiger partial charge < -0.3 is 9.26 Å². The number of nitrogens with one attached hydrogen (secondary N) is 1. The quantitative estimate of drug-likeness (QED) is 0.870. The zero-order valence-corrected chi connectivity index (χ0v) is 11.2. The van der Waals surface area contributed by atoms with Crippen LogP contribution in [0.4, 0.5) is 5.88 Å². The summed E-state index contributed by atoms with van der Waals surface area (Å²) in [6.07, 6.45) is 0. The van der Waals surface area contributed by atoms with Crippen molar-refractivity contribution in [3.05, 3.63) is 33.6 Å². The fourth-order valence-corrected chi connectivity index (χ4v) is 2.09. The van der Waals surface area contributed by atoms with E-state index >= 15 is 0 Å². The van der Waals surface area contributed by atoms with Crippen LogP contribution < -0.4 is 5.32 Å². The van der Waals surface area contributed by atoms with E-state index in [0.717, 1.165) is 0 Å². The van der Waals surface area contributed by atoms with E-state index in [1.54, 1.807) is 31.4 Å². The molecule has 2 aromatic rings. The van der Waals surface area contributed by atoms with Crippen molar-refractivity contribution in [2.24, 2.45) is 0 Å². The first-order chi connectivity index (χ1) is 9.13. The minimum Gasteiger partial charge on any atom is -0.462 e. The minimum absolute atomic E-state index is 0.00866. The van der Waals surface area contributed by atoms with E-state index in [1.807, 2.05) is 0 Å². The predicted molar refractivity (Wildman–Crippen MR) is 69.5 cm³/mol. The van der Waals surface area contributed by atoms with E-state index < -0.39 is 5.97 Å². The lowest BCUT2D eigenvalue weighted by molar-refractivity contribution is 0.0526. The molecule has 0 aliphatic carbocycles. The van der Waals surface area contributed by atoms with Crippen molar-refractivity contribution in [1.29, 1.82) is 0 Å². The zero-order valence-electron chi connectivity index (χ0n) is 10.4. The van der Waals surface area contributed by atoms with Crippen LogP contribution in [0.2, 0.25) is 0 Å². The molecule has 0 bridgehead atoms. The predicted octanol–water partition coefficient (Wildman–Crippen LogP) is 2.47. The second-order valence-electron chi connectivity index (χ2n) is 3.62. The van der Waals surface area contributed by atoms with Crippen LogP contribution in [0.15, 0.2) is 22.0 Å². The molecule has 2 heterocycles. The molecule has 2 aromatic heterocycles. The van der Waals surface area contributed by atoms with Crippen LogP contribution in [0.5, 0.6) is 0 Å². The number of thiophene rings is 1. The first-order valence-corrected chi connectivity index (χ1v) is 6.49. The van der Waals surface area contributed by atoms with Crippen LogP contribution in [0.1, 0.15) is 32.6 Å². The molecule has 1 N–H and O–H groups in total. The molecular weight excluding hydrogens is 268 g/mol. The van der Waals surface area contributed by atoms with E-state index in [-0.39, 0.29) is 24.0 Å². The number of nitrogens with zero attached hydrogens (tertiary/aromatic N) is 1. The fourth-order valence-electron chi connectivity index (χ4n) is 1.47. The van der Waals surface area contributed by atoms with Crippen molar-refractivity contribution in [3.8, 4) is 0 Å². The van der Waals surface area contributed by atoms with E-state index in [2.05, 4.69) is 10.5 Å². The van der Waals surface area contributed by atoms with Crippen molar-refractivity contribution in [2.75, 3.05) is 11.9 Å². The van der Waals surface area contributed by atoms with E-state index in [4.69, 9.17) is 9.26 Å². The Balaban J connectivity index is 2.21. The van der Waals surface area contributed by atoms with Gasteiger partial charge in [0.25, 0.3) is 5.91 Å². The Bertz CT molecular complexity index is 589. The lowest BCUT2D eigenvalue weighted by Gasteiger charge is -2.03. The van der Waals surface area contributed by atoms with Crippen molar-refractivity contribution in [3.63, 3.8) is 0 Å². The monoisotopic (exact) mass is 280 g/mol. The number of anilines is 1. The third-order valence-corrected chi connectivity index (χ3v) is 3.18. The van der Waals surface area contributed by atoms with Gasteiger partial charge in [0, 0.05) is 0 Å². The SMILES string of the molecule is CCOC(=O)c1c(C)noc1NC(=O)c1cccs1. The number of carbonyl (C=O) groups is 2. The lowest BCUT2D eigenvalue weighted by Crippen LogP contribution is -2.14. The van der Waals surface area contributed by atoms with Crippen LogP contribution in [-0.2, 0) is 4.74 Å². The molecule has 0 aliphatic heterocycles. The number of esters is 1. The molecule has 0 aliphatic rings. The van der Waals surface area contributed by atoms with Gasteiger partial charge in [0.1, 0.15) is 5.56 Å². The van der Waals surface area contributed by atoms with Gasteiger partial charge in [-0.05, 0) is 25.3 Å². The van der Waals surface area contributed by atoms with Crippen molar-refractivity contribution in [2.45, 2.75) is 13.8 Å². The van der Waals surface area contributed by atoms with Gasteiger partial charge >= 0.3 is 5.97 Å². The summed E-state index contributed by atoms with van der Waals surface area (Å²) >= 11 is 1.29. The highest BCUT2D eigenvalue weighted by molar-refractivity contribution is 7.12. The van der Waals surface area contributed by atoms with Crippen LogP contribution >= 0.6 is 11.3 Å². The van der Waals surface area contributed by atoms with Crippen molar-refractivity contribution < 1.29 is 18.8 Å². The molecular formula is C12H12N2O4S. The number of aryl methyl sites for hydroxylation is 1. The Hall–Kier alpha value is -2.15. The maximum atomic E-state index is 11.9. The Kier molecular flexibility index (Phi) is 3.96. The van der Waals surface area contributed by atoms with Gasteiger partial charge in [0.15, 0.2) is 0 Å². The maximum absolute atomic E-state index is 11.9. The molecule has 6 nitrogen and oxygen atoms in total. The van der Waals surface area contributed by atoms with Gasteiger partial charge in [0.05, 0.1) is 17.2 Å². The van der Waals surface area contributed by atoms with Crippen molar-refractivity contribution >= 4 is 29.1 Å². The number of rotatable bonds is 4. The average Bonchev–Trinajstić information content (AvgIpc) is 2.99. The highest BCUT2D eigenvalue weighted by Crippen LogP contribution is 2.21. The number of amides is 1. The normalized spacial score (nSPS) is 10.2. The molecule has 0 atom stereocenters. The Morgan fingerprint density at radius 1 is 1.53 bits per heavy atom. The lowest BCUT2D eigenvalue weighted by atomic mass is 10.2. The van der Waals surface area contributed by atoms with Gasteiger partial charge in [0.2, 0.25) is 5.88 Å². The topological polar surface area (TPSA) is 81.4 Å². The zero-order chi connectivity index (χ0) is 13.8. The van der Waals surface area contributed by atoms with Crippen LogP contribution in [0, 0.1) is 6.92 Å². The molecule has 7 heteroatoms. The molecule has 100 valence electrons. The molecule has 0 saturated carbocycles. The van der Waals surface area contributed by atoms with Gasteiger partial charge in [-0.3, -0.25) is 10.1 Å². The summed E-state index contributed by atoms with van der Waals surface area (Å²) in [5.41, 5.74) is 0.520. The van der Waals surface area contributed by atoms with Gasteiger partial charge in [-0.2, -0.15) is 0 Å². The van der Waals surface area contributed by atoms with Gasteiger partial charge in [-0.25, -0.2) is 4.79 Å². The summed E-state index contributed by atoms with van der Waals surface area (Å²) in [6.45, 7) is 3.54. The van der Waals surface area contributed by atoms with Crippen LogP contribution in [-0.4, -0.2) is 23.6 Å². The largest absolute Gasteiger partial charge is 0.462 e. The average molecular weight is 280 g/mol. The third-order valence-electron chi connectivity index (χ3n) is 2.31. The number of hydrogen-bond donors (Lipinski definition) is 1. The van der Waals surface area contributed by atoms with Crippen LogP contribution in [0.25, 0.3) is 0 Å². The number of hydrogen-bond acceptors (Lipinski definition) is 6. The Morgan fingerprint density at radius 3 is 2.95 bits per heavy atom. The summed E-state index contributed by atoms with van der Waals surface area (Å²) < 4.78 is 9.85. The minimum atomic E-state index is -0.567. The molecule has 19 heavy (non-hydrogen) atoms. The summed E-state index contributed by atoms with van der Waals surface area (Å²) in [6, 6.07) is 3.44. The third kappa shape index (κ3) is 2.82. The standard InChI is InChI=1S/C12H12N2O4S/c1-3-17-12(16)9-7(2)14-18-11(9)13-10(15)8-5-4-6-19-8/h4-6H,3H2,1-2H3,(H,13,15). The second kappa shape index (κ2) is 5.66. The van der Waals surface area contributed by atoms with E-state index in [9.17, 15) is 9.59 Å². The highest BCUT2D eigenvalue weighted by atomic mass is 32.1. The number of aromatic nitrogens is 1. The Labute approximate surface area is 113 Å². The summed E-state index contributed by atoms with van der Waals surface area (Å²) in [5.74, 6) is -0.909. The molecule has 0 spiro atoms.